The zero-order valence-electron chi connectivity index (χ0n) is 11.5. The van der Waals surface area contributed by atoms with E-state index in [0.29, 0.717) is 17.4 Å². The van der Waals surface area contributed by atoms with Crippen molar-refractivity contribution < 1.29 is 4.74 Å². The van der Waals surface area contributed by atoms with Crippen LogP contribution in [0.5, 0.6) is 5.88 Å². The highest BCUT2D eigenvalue weighted by Gasteiger charge is 2.06. The van der Waals surface area contributed by atoms with E-state index in [-0.39, 0.29) is 6.10 Å². The Morgan fingerprint density at radius 3 is 2.42 bits per heavy atom. The minimum atomic E-state index is 0.0458. The summed E-state index contributed by atoms with van der Waals surface area (Å²) in [5, 5.41) is 3.23. The average Bonchev–Trinajstić information content (AvgIpc) is 2.36. The molecule has 0 aliphatic rings. The van der Waals surface area contributed by atoms with Crippen molar-refractivity contribution >= 4 is 17.2 Å². The Labute approximate surface area is 113 Å². The molecule has 0 spiro atoms. The molecule has 0 fully saturated rings. The second kappa shape index (κ2) is 5.61. The molecular formula is C15H19N3O. The Bertz CT molecular complexity index is 550. The van der Waals surface area contributed by atoms with Gasteiger partial charge in [-0.1, -0.05) is 17.7 Å². The van der Waals surface area contributed by atoms with Crippen LogP contribution < -0.4 is 15.8 Å². The molecule has 0 radical (unpaired) electrons. The van der Waals surface area contributed by atoms with Crippen molar-refractivity contribution in [3.63, 3.8) is 0 Å². The first kappa shape index (κ1) is 13.2. The van der Waals surface area contributed by atoms with E-state index in [2.05, 4.69) is 17.2 Å². The van der Waals surface area contributed by atoms with Gasteiger partial charge in [-0.2, -0.15) is 4.98 Å². The van der Waals surface area contributed by atoms with Crippen LogP contribution in [-0.2, 0) is 0 Å². The number of hydrogen-bond donors (Lipinski definition) is 2. The Morgan fingerprint density at radius 2 is 1.79 bits per heavy atom. The molecule has 100 valence electrons. The molecular weight excluding hydrogens is 238 g/mol. The zero-order valence-corrected chi connectivity index (χ0v) is 11.5. The molecule has 0 aliphatic heterocycles. The van der Waals surface area contributed by atoms with E-state index in [1.165, 1.54) is 5.56 Å². The van der Waals surface area contributed by atoms with Gasteiger partial charge < -0.3 is 15.8 Å². The number of pyridine rings is 1. The first-order valence-corrected chi connectivity index (χ1v) is 6.31. The van der Waals surface area contributed by atoms with Gasteiger partial charge in [0.1, 0.15) is 5.82 Å². The lowest BCUT2D eigenvalue weighted by Crippen LogP contribution is -2.09. The van der Waals surface area contributed by atoms with E-state index in [9.17, 15) is 0 Å². The largest absolute Gasteiger partial charge is 0.473 e. The summed E-state index contributed by atoms with van der Waals surface area (Å²) in [6, 6.07) is 11.7. The van der Waals surface area contributed by atoms with Crippen LogP contribution in [0.2, 0.25) is 0 Å². The standard InChI is InChI=1S/C15H19N3O/c1-10(2)19-15-13(16)8-9-14(18-15)17-12-6-4-11(3)5-7-12/h4-10H,16H2,1-3H3,(H,17,18). The van der Waals surface area contributed by atoms with Crippen LogP contribution in [0.25, 0.3) is 0 Å². The van der Waals surface area contributed by atoms with E-state index in [0.717, 1.165) is 5.69 Å². The van der Waals surface area contributed by atoms with Gasteiger partial charge in [-0.3, -0.25) is 0 Å². The van der Waals surface area contributed by atoms with E-state index < -0.39 is 0 Å². The van der Waals surface area contributed by atoms with Crippen molar-refractivity contribution in [1.82, 2.24) is 4.98 Å². The monoisotopic (exact) mass is 257 g/mol. The fourth-order valence-corrected chi connectivity index (χ4v) is 1.62. The lowest BCUT2D eigenvalue weighted by Gasteiger charge is -2.13. The average molecular weight is 257 g/mol. The number of nitrogen functional groups attached to an aromatic ring is 1. The molecule has 0 amide bonds. The van der Waals surface area contributed by atoms with Crippen molar-refractivity contribution in [2.75, 3.05) is 11.1 Å². The summed E-state index contributed by atoms with van der Waals surface area (Å²) in [6.07, 6.45) is 0.0458. The lowest BCUT2D eigenvalue weighted by atomic mass is 10.2. The van der Waals surface area contributed by atoms with Gasteiger partial charge in [-0.15, -0.1) is 0 Å². The molecule has 4 heteroatoms. The maximum absolute atomic E-state index is 5.84. The normalized spacial score (nSPS) is 10.5. The summed E-state index contributed by atoms with van der Waals surface area (Å²) in [6.45, 7) is 5.95. The Balaban J connectivity index is 2.18. The maximum Gasteiger partial charge on any atom is 0.239 e. The van der Waals surface area contributed by atoms with Crippen molar-refractivity contribution in [3.05, 3.63) is 42.0 Å². The van der Waals surface area contributed by atoms with E-state index >= 15 is 0 Å². The molecule has 1 aromatic carbocycles. The Kier molecular flexibility index (Phi) is 3.90. The minimum absolute atomic E-state index is 0.0458. The van der Waals surface area contributed by atoms with Crippen LogP contribution >= 0.6 is 0 Å². The number of nitrogens with zero attached hydrogens (tertiary/aromatic N) is 1. The second-order valence-corrected chi connectivity index (χ2v) is 4.75. The number of anilines is 3. The predicted octanol–water partition coefficient (Wildman–Crippen LogP) is 3.50. The van der Waals surface area contributed by atoms with Gasteiger partial charge in [0.25, 0.3) is 0 Å². The van der Waals surface area contributed by atoms with E-state index in [1.54, 1.807) is 6.07 Å². The van der Waals surface area contributed by atoms with Gasteiger partial charge in [-0.25, -0.2) is 0 Å². The first-order valence-electron chi connectivity index (χ1n) is 6.31. The van der Waals surface area contributed by atoms with Crippen LogP contribution in [0.1, 0.15) is 19.4 Å². The lowest BCUT2D eigenvalue weighted by molar-refractivity contribution is 0.234. The van der Waals surface area contributed by atoms with E-state index in [4.69, 9.17) is 10.5 Å². The predicted molar refractivity (Wildman–Crippen MR) is 78.9 cm³/mol. The first-order chi connectivity index (χ1) is 9.04. The molecule has 3 N–H and O–H groups in total. The number of ether oxygens (including phenoxy) is 1. The van der Waals surface area contributed by atoms with Gasteiger partial charge in [0.15, 0.2) is 0 Å². The quantitative estimate of drug-likeness (QED) is 0.880. The summed E-state index contributed by atoms with van der Waals surface area (Å²) >= 11 is 0. The van der Waals surface area contributed by atoms with Gasteiger partial charge in [-0.05, 0) is 45.0 Å². The van der Waals surface area contributed by atoms with Gasteiger partial charge >= 0.3 is 0 Å². The number of aromatic nitrogens is 1. The number of aryl methyl sites for hydroxylation is 1. The third-order valence-corrected chi connectivity index (χ3v) is 2.56. The molecule has 0 bridgehead atoms. The van der Waals surface area contributed by atoms with Crippen LogP contribution in [0.3, 0.4) is 0 Å². The van der Waals surface area contributed by atoms with Crippen LogP contribution in [0.15, 0.2) is 36.4 Å². The molecule has 2 rings (SSSR count). The number of nitrogens with one attached hydrogen (secondary N) is 1. The third-order valence-electron chi connectivity index (χ3n) is 2.56. The van der Waals surface area contributed by atoms with Crippen LogP contribution in [0, 0.1) is 6.92 Å². The molecule has 0 saturated carbocycles. The second-order valence-electron chi connectivity index (χ2n) is 4.75. The van der Waals surface area contributed by atoms with E-state index in [1.807, 2.05) is 44.2 Å². The zero-order chi connectivity index (χ0) is 13.8. The molecule has 1 heterocycles. The highest BCUT2D eigenvalue weighted by atomic mass is 16.5. The minimum Gasteiger partial charge on any atom is -0.473 e. The highest BCUT2D eigenvalue weighted by Crippen LogP contribution is 2.24. The molecule has 19 heavy (non-hydrogen) atoms. The Morgan fingerprint density at radius 1 is 1.11 bits per heavy atom. The smallest absolute Gasteiger partial charge is 0.239 e. The molecule has 1 aromatic heterocycles. The van der Waals surface area contributed by atoms with Crippen LogP contribution in [-0.4, -0.2) is 11.1 Å². The number of benzene rings is 1. The topological polar surface area (TPSA) is 60.2 Å². The van der Waals surface area contributed by atoms with Crippen LogP contribution in [0.4, 0.5) is 17.2 Å². The fraction of sp³-hybridized carbons (Fsp3) is 0.267. The molecule has 0 saturated heterocycles. The third kappa shape index (κ3) is 3.61. The SMILES string of the molecule is Cc1ccc(Nc2ccc(N)c(OC(C)C)n2)cc1. The summed E-state index contributed by atoms with van der Waals surface area (Å²) in [4.78, 5) is 4.37. The number of nitrogens with two attached hydrogens (primary N) is 1. The molecule has 4 nitrogen and oxygen atoms in total. The molecule has 2 aromatic rings. The van der Waals surface area contributed by atoms with Gasteiger partial charge in [0.05, 0.1) is 11.8 Å². The van der Waals surface area contributed by atoms with Gasteiger partial charge in [0, 0.05) is 5.69 Å². The molecule has 0 unspecified atom stereocenters. The highest BCUT2D eigenvalue weighted by molar-refractivity contribution is 5.60. The molecule has 0 atom stereocenters. The maximum atomic E-state index is 5.84. The summed E-state index contributed by atoms with van der Waals surface area (Å²) in [5.41, 5.74) is 8.59. The fourth-order valence-electron chi connectivity index (χ4n) is 1.62. The van der Waals surface area contributed by atoms with Crippen molar-refractivity contribution in [2.24, 2.45) is 0 Å². The van der Waals surface area contributed by atoms with Gasteiger partial charge in [0.2, 0.25) is 5.88 Å². The Hall–Kier alpha value is -2.23. The van der Waals surface area contributed by atoms with Crippen molar-refractivity contribution in [2.45, 2.75) is 26.9 Å². The summed E-state index contributed by atoms with van der Waals surface area (Å²) in [7, 11) is 0. The van der Waals surface area contributed by atoms with Crippen molar-refractivity contribution in [1.29, 1.82) is 0 Å². The number of hydrogen-bond acceptors (Lipinski definition) is 4. The molecule has 0 aliphatic carbocycles. The number of rotatable bonds is 4. The van der Waals surface area contributed by atoms with Crippen molar-refractivity contribution in [3.8, 4) is 5.88 Å². The summed E-state index contributed by atoms with van der Waals surface area (Å²) < 4.78 is 5.57. The summed E-state index contributed by atoms with van der Waals surface area (Å²) in [5.74, 6) is 1.18.